The minimum absolute atomic E-state index is 0.248. The fraction of sp³-hybridized carbons (Fsp3) is 1.00. The van der Waals surface area contributed by atoms with Crippen LogP contribution < -0.4 is 0 Å². The lowest BCUT2D eigenvalue weighted by molar-refractivity contribution is 0.0229. The number of hydrogen-bond acceptors (Lipinski definition) is 4. The number of rotatable bonds is 3. The Kier molecular flexibility index (Phi) is 3.46. The number of β-amino-alcohol motifs (C(OH)–C–C–N with tert-alkyl or cyclic N) is 1. The summed E-state index contributed by atoms with van der Waals surface area (Å²) in [7, 11) is 6.25. The van der Waals surface area contributed by atoms with Gasteiger partial charge in [0.15, 0.2) is 0 Å². The monoisotopic (exact) mass is 173 g/mol. The molecule has 1 fully saturated rings. The standard InChI is InChI=1S/C8H19N3O/c1-9(2)8-10(3)4-5-11(8)6-7-12/h8,12H,4-7H2,1-3H3. The van der Waals surface area contributed by atoms with Gasteiger partial charge in [-0.15, -0.1) is 0 Å². The lowest BCUT2D eigenvalue weighted by atomic mass is 10.5. The Morgan fingerprint density at radius 2 is 2.08 bits per heavy atom. The van der Waals surface area contributed by atoms with E-state index in [9.17, 15) is 0 Å². The van der Waals surface area contributed by atoms with E-state index in [0.717, 1.165) is 19.6 Å². The molecule has 0 amide bonds. The Morgan fingerprint density at radius 1 is 1.42 bits per heavy atom. The van der Waals surface area contributed by atoms with Gasteiger partial charge in [-0.1, -0.05) is 0 Å². The smallest absolute Gasteiger partial charge is 0.119 e. The van der Waals surface area contributed by atoms with E-state index in [1.807, 2.05) is 0 Å². The van der Waals surface area contributed by atoms with Crippen LogP contribution in [0.4, 0.5) is 0 Å². The quantitative estimate of drug-likeness (QED) is 0.597. The van der Waals surface area contributed by atoms with Crippen LogP contribution in [0.3, 0.4) is 0 Å². The summed E-state index contributed by atoms with van der Waals surface area (Å²) in [6, 6.07) is 0. The van der Waals surface area contributed by atoms with Crippen LogP contribution in [0, 0.1) is 0 Å². The molecular weight excluding hydrogens is 154 g/mol. The fourth-order valence-corrected chi connectivity index (χ4v) is 1.87. The Balaban J connectivity index is 2.51. The molecule has 0 aromatic heterocycles. The van der Waals surface area contributed by atoms with Crippen molar-refractivity contribution in [2.24, 2.45) is 0 Å². The molecule has 72 valence electrons. The Morgan fingerprint density at radius 3 is 2.58 bits per heavy atom. The Hall–Kier alpha value is -0.160. The summed E-state index contributed by atoms with van der Waals surface area (Å²) in [5.74, 6) is 0. The lowest BCUT2D eigenvalue weighted by Crippen LogP contribution is -2.48. The molecule has 0 spiro atoms. The van der Waals surface area contributed by atoms with E-state index in [-0.39, 0.29) is 6.61 Å². The van der Waals surface area contributed by atoms with E-state index in [0.29, 0.717) is 6.29 Å². The molecule has 1 atom stereocenters. The number of hydrogen-bond donors (Lipinski definition) is 1. The predicted octanol–water partition coefficient (Wildman–Crippen LogP) is -0.929. The first-order valence-corrected chi connectivity index (χ1v) is 4.38. The largest absolute Gasteiger partial charge is 0.395 e. The highest BCUT2D eigenvalue weighted by molar-refractivity contribution is 4.77. The minimum atomic E-state index is 0.248. The zero-order valence-electron chi connectivity index (χ0n) is 8.19. The molecule has 1 N–H and O–H groups in total. The van der Waals surface area contributed by atoms with E-state index in [1.165, 1.54) is 0 Å². The molecule has 1 saturated heterocycles. The van der Waals surface area contributed by atoms with Gasteiger partial charge in [0.2, 0.25) is 0 Å². The molecule has 1 heterocycles. The average Bonchev–Trinajstić information content (AvgIpc) is 2.32. The van der Waals surface area contributed by atoms with Crippen LogP contribution in [0.25, 0.3) is 0 Å². The van der Waals surface area contributed by atoms with Crippen molar-refractivity contribution in [3.8, 4) is 0 Å². The number of aliphatic hydroxyl groups is 1. The van der Waals surface area contributed by atoms with Crippen molar-refractivity contribution in [1.29, 1.82) is 0 Å². The summed E-state index contributed by atoms with van der Waals surface area (Å²) in [6.45, 7) is 3.16. The number of nitrogens with zero attached hydrogens (tertiary/aromatic N) is 3. The van der Waals surface area contributed by atoms with Gasteiger partial charge in [0.05, 0.1) is 6.61 Å². The van der Waals surface area contributed by atoms with Gasteiger partial charge in [0, 0.05) is 19.6 Å². The van der Waals surface area contributed by atoms with Crippen molar-refractivity contribution >= 4 is 0 Å². The van der Waals surface area contributed by atoms with Crippen LogP contribution >= 0.6 is 0 Å². The second-order valence-electron chi connectivity index (χ2n) is 3.55. The maximum absolute atomic E-state index is 8.83. The van der Waals surface area contributed by atoms with E-state index >= 15 is 0 Å². The molecule has 0 aromatic carbocycles. The molecule has 12 heavy (non-hydrogen) atoms. The molecule has 4 nitrogen and oxygen atoms in total. The van der Waals surface area contributed by atoms with Crippen molar-refractivity contribution in [2.45, 2.75) is 6.29 Å². The Labute approximate surface area is 74.4 Å². The number of aliphatic hydroxyl groups excluding tert-OH is 1. The summed E-state index contributed by atoms with van der Waals surface area (Å²) in [6.07, 6.45) is 0.358. The van der Waals surface area contributed by atoms with Crippen molar-refractivity contribution in [1.82, 2.24) is 14.7 Å². The minimum Gasteiger partial charge on any atom is -0.395 e. The summed E-state index contributed by atoms with van der Waals surface area (Å²) in [4.78, 5) is 6.73. The number of likely N-dealkylation sites (N-methyl/N-ethyl adjacent to an activating group) is 1. The lowest BCUT2D eigenvalue weighted by Gasteiger charge is -2.32. The highest BCUT2D eigenvalue weighted by Gasteiger charge is 2.29. The van der Waals surface area contributed by atoms with Gasteiger partial charge in [-0.3, -0.25) is 14.7 Å². The topological polar surface area (TPSA) is 30.0 Å². The first-order valence-electron chi connectivity index (χ1n) is 4.38. The molecule has 0 radical (unpaired) electrons. The van der Waals surface area contributed by atoms with E-state index in [4.69, 9.17) is 5.11 Å². The van der Waals surface area contributed by atoms with Crippen molar-refractivity contribution < 1.29 is 5.11 Å². The molecule has 1 rings (SSSR count). The van der Waals surface area contributed by atoms with E-state index in [2.05, 4.69) is 35.8 Å². The van der Waals surface area contributed by atoms with Gasteiger partial charge in [0.1, 0.15) is 6.29 Å². The molecule has 1 unspecified atom stereocenters. The normalized spacial score (nSPS) is 27.2. The zero-order chi connectivity index (χ0) is 9.14. The second-order valence-corrected chi connectivity index (χ2v) is 3.55. The van der Waals surface area contributed by atoms with Crippen LogP contribution in [-0.2, 0) is 0 Å². The highest BCUT2D eigenvalue weighted by atomic mass is 16.3. The summed E-state index contributed by atoms with van der Waals surface area (Å²) in [5, 5.41) is 8.83. The molecule has 0 saturated carbocycles. The molecule has 0 aromatic rings. The van der Waals surface area contributed by atoms with Crippen molar-refractivity contribution in [3.05, 3.63) is 0 Å². The summed E-state index contributed by atoms with van der Waals surface area (Å²) < 4.78 is 0. The first kappa shape index (κ1) is 9.92. The van der Waals surface area contributed by atoms with Gasteiger partial charge in [-0.05, 0) is 21.1 Å². The molecule has 0 bridgehead atoms. The van der Waals surface area contributed by atoms with Crippen LogP contribution in [0.5, 0.6) is 0 Å². The van der Waals surface area contributed by atoms with Crippen molar-refractivity contribution in [3.63, 3.8) is 0 Å². The average molecular weight is 173 g/mol. The van der Waals surface area contributed by atoms with Gasteiger partial charge >= 0.3 is 0 Å². The van der Waals surface area contributed by atoms with Crippen LogP contribution in [0.2, 0.25) is 0 Å². The highest BCUT2D eigenvalue weighted by Crippen LogP contribution is 2.12. The molecular formula is C8H19N3O. The van der Waals surface area contributed by atoms with Gasteiger partial charge < -0.3 is 5.11 Å². The predicted molar refractivity (Wildman–Crippen MR) is 48.8 cm³/mol. The third-order valence-corrected chi connectivity index (χ3v) is 2.31. The molecule has 1 aliphatic rings. The van der Waals surface area contributed by atoms with Gasteiger partial charge in [-0.25, -0.2) is 0 Å². The second kappa shape index (κ2) is 4.18. The van der Waals surface area contributed by atoms with Crippen molar-refractivity contribution in [2.75, 3.05) is 47.4 Å². The van der Waals surface area contributed by atoms with E-state index < -0.39 is 0 Å². The SMILES string of the molecule is CN(C)C1N(C)CCN1CCO. The summed E-state index contributed by atoms with van der Waals surface area (Å²) >= 11 is 0. The zero-order valence-corrected chi connectivity index (χ0v) is 8.19. The fourth-order valence-electron chi connectivity index (χ4n) is 1.87. The van der Waals surface area contributed by atoms with Gasteiger partial charge in [-0.2, -0.15) is 0 Å². The third-order valence-electron chi connectivity index (χ3n) is 2.31. The first-order chi connectivity index (χ1) is 5.66. The van der Waals surface area contributed by atoms with Crippen LogP contribution in [0.15, 0.2) is 0 Å². The molecule has 4 heteroatoms. The van der Waals surface area contributed by atoms with Crippen LogP contribution in [-0.4, -0.2) is 73.5 Å². The molecule has 0 aliphatic carbocycles. The third kappa shape index (κ3) is 1.95. The summed E-state index contributed by atoms with van der Waals surface area (Å²) in [5.41, 5.74) is 0. The maximum Gasteiger partial charge on any atom is 0.119 e. The Bertz CT molecular complexity index is 138. The van der Waals surface area contributed by atoms with Crippen LogP contribution in [0.1, 0.15) is 0 Å². The maximum atomic E-state index is 8.83. The molecule has 1 aliphatic heterocycles. The van der Waals surface area contributed by atoms with Gasteiger partial charge in [0.25, 0.3) is 0 Å². The van der Waals surface area contributed by atoms with E-state index in [1.54, 1.807) is 0 Å².